The Kier molecular flexibility index (Phi) is 5.41. The fourth-order valence-corrected chi connectivity index (χ4v) is 4.41. The molecular formula is C19H30N6O. The minimum absolute atomic E-state index is 0.0100. The minimum atomic E-state index is -0.0100. The standard InChI is InChI=1S/C19H30N6O/c26-19(22-15-6-1-2-7-15)23-16-8-5-11-25(13-16)18-12-17(20-14-21-18)24-9-3-4-10-24/h12,14-16H,1-11,13H2,(H2,22,23,26)/t16-/m0/s1. The predicted molar refractivity (Wildman–Crippen MR) is 103 cm³/mol. The van der Waals surface area contributed by atoms with Crippen molar-refractivity contribution in [2.24, 2.45) is 0 Å². The van der Waals surface area contributed by atoms with Gasteiger partial charge in [0, 0.05) is 44.3 Å². The van der Waals surface area contributed by atoms with Crippen LogP contribution in [-0.4, -0.2) is 54.3 Å². The highest BCUT2D eigenvalue weighted by Gasteiger charge is 2.25. The van der Waals surface area contributed by atoms with Crippen LogP contribution in [0.1, 0.15) is 51.4 Å². The van der Waals surface area contributed by atoms with E-state index in [0.717, 1.165) is 63.5 Å². The number of anilines is 2. The highest BCUT2D eigenvalue weighted by atomic mass is 16.2. The lowest BCUT2D eigenvalue weighted by Crippen LogP contribution is -2.52. The number of piperidine rings is 1. The first-order chi connectivity index (χ1) is 12.8. The van der Waals surface area contributed by atoms with Crippen LogP contribution < -0.4 is 20.4 Å². The Labute approximate surface area is 155 Å². The summed E-state index contributed by atoms with van der Waals surface area (Å²) in [4.78, 5) is 25.8. The van der Waals surface area contributed by atoms with E-state index in [1.807, 2.05) is 0 Å². The first kappa shape index (κ1) is 17.4. The molecule has 1 aliphatic carbocycles. The molecule has 7 nitrogen and oxygen atoms in total. The van der Waals surface area contributed by atoms with Crippen LogP contribution in [0.25, 0.3) is 0 Å². The first-order valence-corrected chi connectivity index (χ1v) is 10.2. The number of urea groups is 1. The second kappa shape index (κ2) is 8.10. The molecule has 7 heteroatoms. The molecule has 26 heavy (non-hydrogen) atoms. The van der Waals surface area contributed by atoms with Crippen LogP contribution in [-0.2, 0) is 0 Å². The van der Waals surface area contributed by atoms with Gasteiger partial charge in [-0.25, -0.2) is 14.8 Å². The quantitative estimate of drug-likeness (QED) is 0.864. The van der Waals surface area contributed by atoms with Gasteiger partial charge in [-0.15, -0.1) is 0 Å². The van der Waals surface area contributed by atoms with Crippen molar-refractivity contribution in [3.05, 3.63) is 12.4 Å². The van der Waals surface area contributed by atoms with Crippen LogP contribution in [0.5, 0.6) is 0 Å². The zero-order valence-electron chi connectivity index (χ0n) is 15.5. The number of hydrogen-bond donors (Lipinski definition) is 2. The summed E-state index contributed by atoms with van der Waals surface area (Å²) in [5.41, 5.74) is 0. The molecule has 0 radical (unpaired) electrons. The SMILES string of the molecule is O=C(NC1CCCC1)N[C@H]1CCCN(c2cc(N3CCCC3)ncn2)C1. The van der Waals surface area contributed by atoms with E-state index in [-0.39, 0.29) is 12.1 Å². The van der Waals surface area contributed by atoms with Crippen LogP contribution in [0.15, 0.2) is 12.4 Å². The number of carbonyl (C=O) groups is 1. The Hall–Kier alpha value is -2.05. The fraction of sp³-hybridized carbons (Fsp3) is 0.737. The van der Waals surface area contributed by atoms with Gasteiger partial charge in [0.2, 0.25) is 0 Å². The summed E-state index contributed by atoms with van der Waals surface area (Å²) in [6, 6.07) is 2.63. The van der Waals surface area contributed by atoms with Gasteiger partial charge in [-0.05, 0) is 38.5 Å². The molecule has 0 spiro atoms. The van der Waals surface area contributed by atoms with E-state index >= 15 is 0 Å². The fourth-order valence-electron chi connectivity index (χ4n) is 4.41. The maximum absolute atomic E-state index is 12.3. The van der Waals surface area contributed by atoms with Crippen LogP contribution in [0.2, 0.25) is 0 Å². The summed E-state index contributed by atoms with van der Waals surface area (Å²) in [5, 5.41) is 6.30. The van der Waals surface area contributed by atoms with E-state index in [0.29, 0.717) is 6.04 Å². The van der Waals surface area contributed by atoms with E-state index in [1.165, 1.54) is 25.7 Å². The molecule has 2 amide bonds. The highest BCUT2D eigenvalue weighted by Crippen LogP contribution is 2.24. The molecule has 2 aliphatic heterocycles. The molecule has 2 N–H and O–H groups in total. The van der Waals surface area contributed by atoms with Crippen molar-refractivity contribution in [2.45, 2.75) is 63.5 Å². The second-order valence-electron chi connectivity index (χ2n) is 7.81. The topological polar surface area (TPSA) is 73.4 Å². The maximum Gasteiger partial charge on any atom is 0.315 e. The molecule has 2 saturated heterocycles. The van der Waals surface area contributed by atoms with Crippen molar-refractivity contribution in [3.8, 4) is 0 Å². The maximum atomic E-state index is 12.3. The normalized spacial score (nSPS) is 24.1. The molecule has 1 aromatic rings. The van der Waals surface area contributed by atoms with Gasteiger partial charge in [-0.3, -0.25) is 0 Å². The van der Waals surface area contributed by atoms with Crippen LogP contribution in [0, 0.1) is 0 Å². The monoisotopic (exact) mass is 358 g/mol. The summed E-state index contributed by atoms with van der Waals surface area (Å²) >= 11 is 0. The lowest BCUT2D eigenvalue weighted by Gasteiger charge is -2.34. The van der Waals surface area contributed by atoms with E-state index in [4.69, 9.17) is 0 Å². The zero-order chi connectivity index (χ0) is 17.8. The number of nitrogens with zero attached hydrogens (tertiary/aromatic N) is 4. The number of rotatable bonds is 4. The van der Waals surface area contributed by atoms with E-state index in [1.54, 1.807) is 6.33 Å². The molecule has 1 saturated carbocycles. The minimum Gasteiger partial charge on any atom is -0.356 e. The molecule has 3 heterocycles. The molecule has 3 aliphatic rings. The van der Waals surface area contributed by atoms with Crippen molar-refractivity contribution in [1.82, 2.24) is 20.6 Å². The van der Waals surface area contributed by atoms with Gasteiger partial charge in [0.05, 0.1) is 0 Å². The lowest BCUT2D eigenvalue weighted by molar-refractivity contribution is 0.231. The average Bonchev–Trinajstić information content (AvgIpc) is 3.36. The second-order valence-corrected chi connectivity index (χ2v) is 7.81. The Bertz CT molecular complexity index is 612. The molecular weight excluding hydrogens is 328 g/mol. The number of amides is 2. The number of carbonyl (C=O) groups excluding carboxylic acids is 1. The Morgan fingerprint density at radius 3 is 2.23 bits per heavy atom. The molecule has 0 bridgehead atoms. The zero-order valence-corrected chi connectivity index (χ0v) is 15.5. The van der Waals surface area contributed by atoms with Crippen LogP contribution in [0.3, 0.4) is 0 Å². The predicted octanol–water partition coefficient (Wildman–Crippen LogP) is 2.29. The number of nitrogens with one attached hydrogen (secondary N) is 2. The van der Waals surface area contributed by atoms with Crippen molar-refractivity contribution in [2.75, 3.05) is 36.0 Å². The summed E-state index contributed by atoms with van der Waals surface area (Å²) in [5.74, 6) is 2.01. The van der Waals surface area contributed by atoms with Gasteiger partial charge in [0.1, 0.15) is 18.0 Å². The molecule has 0 unspecified atom stereocenters. The Morgan fingerprint density at radius 2 is 1.46 bits per heavy atom. The third-order valence-corrected chi connectivity index (χ3v) is 5.84. The van der Waals surface area contributed by atoms with E-state index in [2.05, 4.69) is 36.5 Å². The van der Waals surface area contributed by atoms with Gasteiger partial charge in [-0.2, -0.15) is 0 Å². The van der Waals surface area contributed by atoms with Crippen molar-refractivity contribution >= 4 is 17.7 Å². The van der Waals surface area contributed by atoms with Gasteiger partial charge < -0.3 is 20.4 Å². The summed E-state index contributed by atoms with van der Waals surface area (Å²) in [7, 11) is 0. The molecule has 3 fully saturated rings. The largest absolute Gasteiger partial charge is 0.356 e. The Morgan fingerprint density at radius 1 is 0.846 bits per heavy atom. The molecule has 0 aromatic carbocycles. The molecule has 142 valence electrons. The molecule has 4 rings (SSSR count). The number of hydrogen-bond acceptors (Lipinski definition) is 5. The lowest BCUT2D eigenvalue weighted by atomic mass is 10.1. The van der Waals surface area contributed by atoms with Crippen molar-refractivity contribution in [1.29, 1.82) is 0 Å². The van der Waals surface area contributed by atoms with Gasteiger partial charge in [-0.1, -0.05) is 12.8 Å². The van der Waals surface area contributed by atoms with E-state index < -0.39 is 0 Å². The van der Waals surface area contributed by atoms with Crippen molar-refractivity contribution < 1.29 is 4.79 Å². The Balaban J connectivity index is 1.34. The third kappa shape index (κ3) is 4.19. The van der Waals surface area contributed by atoms with E-state index in [9.17, 15) is 4.79 Å². The molecule has 1 atom stereocenters. The smallest absolute Gasteiger partial charge is 0.315 e. The van der Waals surface area contributed by atoms with Crippen LogP contribution in [0.4, 0.5) is 16.4 Å². The summed E-state index contributed by atoms with van der Waals surface area (Å²) in [6.45, 7) is 3.97. The average molecular weight is 358 g/mol. The molecule has 1 aromatic heterocycles. The van der Waals surface area contributed by atoms with Gasteiger partial charge >= 0.3 is 6.03 Å². The van der Waals surface area contributed by atoms with Gasteiger partial charge in [0.15, 0.2) is 0 Å². The summed E-state index contributed by atoms with van der Waals surface area (Å²) in [6.07, 6.45) is 10.9. The summed E-state index contributed by atoms with van der Waals surface area (Å²) < 4.78 is 0. The van der Waals surface area contributed by atoms with Gasteiger partial charge in [0.25, 0.3) is 0 Å². The first-order valence-electron chi connectivity index (χ1n) is 10.2. The number of aromatic nitrogens is 2. The third-order valence-electron chi connectivity index (χ3n) is 5.84. The van der Waals surface area contributed by atoms with Crippen molar-refractivity contribution in [3.63, 3.8) is 0 Å². The van der Waals surface area contributed by atoms with Crippen LogP contribution >= 0.6 is 0 Å². The highest BCUT2D eigenvalue weighted by molar-refractivity contribution is 5.74.